The van der Waals surface area contributed by atoms with Crippen LogP contribution in [0.25, 0.3) is 0 Å². The van der Waals surface area contributed by atoms with Gasteiger partial charge in [0.05, 0.1) is 0 Å². The highest BCUT2D eigenvalue weighted by atomic mass is 14.9. The maximum atomic E-state index is 3.70. The van der Waals surface area contributed by atoms with Gasteiger partial charge in [0.15, 0.2) is 0 Å². The van der Waals surface area contributed by atoms with E-state index in [-0.39, 0.29) is 0 Å². The summed E-state index contributed by atoms with van der Waals surface area (Å²) in [6, 6.07) is 0. The monoisotopic (exact) mass is 238 g/mol. The van der Waals surface area contributed by atoms with E-state index < -0.39 is 0 Å². The molecule has 0 atom stereocenters. The van der Waals surface area contributed by atoms with Crippen LogP contribution in [0.15, 0.2) is 12.7 Å². The van der Waals surface area contributed by atoms with E-state index in [1.165, 1.54) is 38.6 Å². The van der Waals surface area contributed by atoms with Crippen LogP contribution in [0.1, 0.15) is 46.0 Å². The van der Waals surface area contributed by atoms with Crippen LogP contribution in [-0.2, 0) is 0 Å². The van der Waals surface area contributed by atoms with Crippen LogP contribution in [0.3, 0.4) is 0 Å². The van der Waals surface area contributed by atoms with E-state index in [9.17, 15) is 0 Å². The summed E-state index contributed by atoms with van der Waals surface area (Å²) in [4.78, 5) is 0. The molecule has 17 heavy (non-hydrogen) atoms. The van der Waals surface area contributed by atoms with Crippen LogP contribution in [-0.4, -0.2) is 26.2 Å². The predicted octanol–water partition coefficient (Wildman–Crippen LogP) is 2.96. The molecule has 0 bridgehead atoms. The van der Waals surface area contributed by atoms with Gasteiger partial charge in [-0.05, 0) is 30.6 Å². The van der Waals surface area contributed by atoms with E-state index in [0.29, 0.717) is 5.41 Å². The summed E-state index contributed by atoms with van der Waals surface area (Å²) in [5.74, 6) is 0.828. The first-order valence-corrected chi connectivity index (χ1v) is 7.21. The van der Waals surface area contributed by atoms with Crippen molar-refractivity contribution in [2.75, 3.05) is 26.2 Å². The third-order valence-electron chi connectivity index (χ3n) is 3.77. The first-order valence-electron chi connectivity index (χ1n) is 7.21. The molecule has 0 heterocycles. The first-order chi connectivity index (χ1) is 8.18. The van der Waals surface area contributed by atoms with E-state index >= 15 is 0 Å². The summed E-state index contributed by atoms with van der Waals surface area (Å²) in [6.07, 6.45) is 9.03. The van der Waals surface area contributed by atoms with E-state index in [0.717, 1.165) is 25.6 Å². The van der Waals surface area contributed by atoms with Crippen LogP contribution >= 0.6 is 0 Å². The minimum atomic E-state index is 0.604. The second-order valence-corrected chi connectivity index (χ2v) is 5.97. The second kappa shape index (κ2) is 7.88. The molecule has 1 aliphatic rings. The minimum Gasteiger partial charge on any atom is -0.315 e. The Morgan fingerprint density at radius 2 is 1.82 bits per heavy atom. The molecule has 2 heteroatoms. The Morgan fingerprint density at radius 3 is 2.41 bits per heavy atom. The number of nitrogens with one attached hydrogen (secondary N) is 2. The third-order valence-corrected chi connectivity index (χ3v) is 3.77. The van der Waals surface area contributed by atoms with Crippen molar-refractivity contribution in [1.82, 2.24) is 10.6 Å². The standard InChI is InChI=1S/C15H30N2/c1-4-9-16-10-11-17-13-15(12-14(2)3)7-5-6-8-15/h4,14,16-17H,1,5-13H2,2-3H3. The number of rotatable bonds is 9. The average molecular weight is 238 g/mol. The largest absolute Gasteiger partial charge is 0.315 e. The zero-order valence-corrected chi connectivity index (χ0v) is 11.7. The van der Waals surface area contributed by atoms with E-state index in [2.05, 4.69) is 31.1 Å². The van der Waals surface area contributed by atoms with E-state index in [1.54, 1.807) is 0 Å². The molecule has 0 unspecified atom stereocenters. The molecule has 0 amide bonds. The molecular weight excluding hydrogens is 208 g/mol. The van der Waals surface area contributed by atoms with Crippen LogP contribution in [0, 0.1) is 11.3 Å². The molecular formula is C15H30N2. The Balaban J connectivity index is 2.18. The van der Waals surface area contributed by atoms with Gasteiger partial charge in [-0.2, -0.15) is 0 Å². The quantitative estimate of drug-likeness (QED) is 0.477. The second-order valence-electron chi connectivity index (χ2n) is 5.97. The van der Waals surface area contributed by atoms with Crippen LogP contribution < -0.4 is 10.6 Å². The summed E-state index contributed by atoms with van der Waals surface area (Å²) in [7, 11) is 0. The molecule has 2 nitrogen and oxygen atoms in total. The lowest BCUT2D eigenvalue weighted by Gasteiger charge is -2.31. The van der Waals surface area contributed by atoms with Crippen LogP contribution in [0.5, 0.6) is 0 Å². The van der Waals surface area contributed by atoms with Gasteiger partial charge in [0.2, 0.25) is 0 Å². The summed E-state index contributed by atoms with van der Waals surface area (Å²) in [5, 5.41) is 6.97. The van der Waals surface area contributed by atoms with Gasteiger partial charge in [0.25, 0.3) is 0 Å². The van der Waals surface area contributed by atoms with Gasteiger partial charge in [-0.3, -0.25) is 0 Å². The molecule has 100 valence electrons. The van der Waals surface area contributed by atoms with Crippen molar-refractivity contribution in [3.63, 3.8) is 0 Å². The third kappa shape index (κ3) is 5.69. The van der Waals surface area contributed by atoms with Crippen molar-refractivity contribution < 1.29 is 0 Å². The zero-order chi connectivity index (χ0) is 12.6. The molecule has 1 rings (SSSR count). The molecule has 2 N–H and O–H groups in total. The molecule has 0 aromatic heterocycles. The van der Waals surface area contributed by atoms with Gasteiger partial charge in [0.1, 0.15) is 0 Å². The number of hydrogen-bond acceptors (Lipinski definition) is 2. The average Bonchev–Trinajstić information content (AvgIpc) is 2.71. The Bertz CT molecular complexity index is 205. The SMILES string of the molecule is C=CCNCCNCC1(CC(C)C)CCCC1. The topological polar surface area (TPSA) is 24.1 Å². The molecule has 1 fully saturated rings. The van der Waals surface area contributed by atoms with Gasteiger partial charge in [-0.1, -0.05) is 32.8 Å². The molecule has 0 spiro atoms. The Morgan fingerprint density at radius 1 is 1.18 bits per heavy atom. The van der Waals surface area contributed by atoms with Crippen molar-refractivity contribution in [1.29, 1.82) is 0 Å². The van der Waals surface area contributed by atoms with Crippen molar-refractivity contribution in [3.05, 3.63) is 12.7 Å². The smallest absolute Gasteiger partial charge is 0.0132 e. The predicted molar refractivity (Wildman–Crippen MR) is 76.3 cm³/mol. The highest BCUT2D eigenvalue weighted by Crippen LogP contribution is 2.42. The molecule has 0 aromatic carbocycles. The first kappa shape index (κ1) is 14.7. The fourth-order valence-electron chi connectivity index (χ4n) is 3.18. The normalized spacial score (nSPS) is 18.8. The van der Waals surface area contributed by atoms with Crippen LogP contribution in [0.4, 0.5) is 0 Å². The fourth-order valence-corrected chi connectivity index (χ4v) is 3.18. The Hall–Kier alpha value is -0.340. The summed E-state index contributed by atoms with van der Waals surface area (Å²) >= 11 is 0. The lowest BCUT2D eigenvalue weighted by Crippen LogP contribution is -2.36. The van der Waals surface area contributed by atoms with Crippen LogP contribution in [0.2, 0.25) is 0 Å². The highest BCUT2D eigenvalue weighted by Gasteiger charge is 2.33. The zero-order valence-electron chi connectivity index (χ0n) is 11.7. The van der Waals surface area contributed by atoms with Gasteiger partial charge in [-0.25, -0.2) is 0 Å². The molecule has 0 aliphatic heterocycles. The van der Waals surface area contributed by atoms with Crippen molar-refractivity contribution in [2.24, 2.45) is 11.3 Å². The maximum absolute atomic E-state index is 3.70. The lowest BCUT2D eigenvalue weighted by atomic mass is 9.78. The van der Waals surface area contributed by atoms with E-state index in [4.69, 9.17) is 0 Å². The fraction of sp³-hybridized carbons (Fsp3) is 0.867. The summed E-state index contributed by atoms with van der Waals surface area (Å²) < 4.78 is 0. The highest BCUT2D eigenvalue weighted by molar-refractivity contribution is 4.87. The van der Waals surface area contributed by atoms with Gasteiger partial charge in [0, 0.05) is 26.2 Å². The molecule has 0 aromatic rings. The molecule has 1 saturated carbocycles. The van der Waals surface area contributed by atoms with Crippen molar-refractivity contribution in [3.8, 4) is 0 Å². The Labute approximate surface area is 107 Å². The Kier molecular flexibility index (Phi) is 6.83. The van der Waals surface area contributed by atoms with E-state index in [1.807, 2.05) is 6.08 Å². The molecule has 1 aliphatic carbocycles. The maximum Gasteiger partial charge on any atom is 0.0132 e. The number of hydrogen-bond donors (Lipinski definition) is 2. The molecule has 0 radical (unpaired) electrons. The lowest BCUT2D eigenvalue weighted by molar-refractivity contribution is 0.224. The van der Waals surface area contributed by atoms with Crippen molar-refractivity contribution >= 4 is 0 Å². The summed E-state index contributed by atoms with van der Waals surface area (Å²) in [6.45, 7) is 12.7. The van der Waals surface area contributed by atoms with Gasteiger partial charge >= 0.3 is 0 Å². The van der Waals surface area contributed by atoms with Gasteiger partial charge < -0.3 is 10.6 Å². The summed E-state index contributed by atoms with van der Waals surface area (Å²) in [5.41, 5.74) is 0.604. The van der Waals surface area contributed by atoms with Crippen molar-refractivity contribution in [2.45, 2.75) is 46.0 Å². The minimum absolute atomic E-state index is 0.604. The van der Waals surface area contributed by atoms with Gasteiger partial charge in [-0.15, -0.1) is 6.58 Å². The molecule has 0 saturated heterocycles.